The number of carbonyl (C=O) groups excluding carboxylic acids is 12. The molecule has 15 rings (SSSR count). The van der Waals surface area contributed by atoms with Gasteiger partial charge in [-0.05, 0) is 151 Å². The predicted octanol–water partition coefficient (Wildman–Crippen LogP) is 10.3. The van der Waals surface area contributed by atoms with Crippen LogP contribution >= 0.6 is 11.6 Å². The molecule has 136 heavy (non-hydrogen) atoms. The van der Waals surface area contributed by atoms with Gasteiger partial charge in [-0.2, -0.15) is 15.3 Å². The molecule has 4 saturated heterocycles. The van der Waals surface area contributed by atoms with E-state index in [4.69, 9.17) is 28.8 Å². The van der Waals surface area contributed by atoms with Gasteiger partial charge in [0.1, 0.15) is 59.1 Å². The lowest BCUT2D eigenvalue weighted by Gasteiger charge is -2.47. The third kappa shape index (κ3) is 22.6. The van der Waals surface area contributed by atoms with Gasteiger partial charge >= 0.3 is 6.03 Å². The summed E-state index contributed by atoms with van der Waals surface area (Å²) in [5, 5.41) is 16.1. The number of nitrogens with two attached hydrogens (primary N) is 3. The number of amides is 13. The highest BCUT2D eigenvalue weighted by molar-refractivity contribution is 6.30. The van der Waals surface area contributed by atoms with Crippen LogP contribution in [0.5, 0.6) is 0 Å². The molecule has 37 nitrogen and oxygen atoms in total. The van der Waals surface area contributed by atoms with Crippen molar-refractivity contribution in [1.82, 2.24) is 83.3 Å². The van der Waals surface area contributed by atoms with Crippen molar-refractivity contribution < 1.29 is 57.5 Å². The number of anilines is 8. The summed E-state index contributed by atoms with van der Waals surface area (Å²) in [4.78, 5) is 192. The maximum atomic E-state index is 13.8. The first-order valence-electron chi connectivity index (χ1n) is 46.8. The number of benzene rings is 1. The van der Waals surface area contributed by atoms with Gasteiger partial charge < -0.3 is 32.0 Å². The van der Waals surface area contributed by atoms with Crippen molar-refractivity contribution in [2.75, 3.05) is 84.4 Å². The van der Waals surface area contributed by atoms with Crippen molar-refractivity contribution in [2.24, 2.45) is 75.5 Å². The molecular formula is C98H128ClN25O12. The number of imidazole rings is 1. The first-order chi connectivity index (χ1) is 65.0. The van der Waals surface area contributed by atoms with Crippen LogP contribution in [0.4, 0.5) is 51.5 Å². The largest absolute Gasteiger partial charge is 0.384 e. The van der Waals surface area contributed by atoms with Crippen LogP contribution in [0.1, 0.15) is 170 Å². The van der Waals surface area contributed by atoms with Gasteiger partial charge in [0.2, 0.25) is 47.3 Å². The molecule has 2 aliphatic carbocycles. The molecule has 0 unspecified atom stereocenters. The number of aromatic nitrogens is 12. The van der Waals surface area contributed by atoms with Crippen LogP contribution in [-0.4, -0.2) is 221 Å². The second kappa shape index (κ2) is 45.2. The number of rotatable bonds is 29. The minimum atomic E-state index is -1.00. The molecule has 38 heteroatoms. The Labute approximate surface area is 798 Å². The van der Waals surface area contributed by atoms with Crippen LogP contribution in [-0.2, 0) is 107 Å². The molecule has 1 aromatic carbocycles. The number of nitrogens with one attached hydrogen (secondary N) is 1. The number of nitrogen functional groups attached to an aromatic ring is 3. The van der Waals surface area contributed by atoms with Crippen LogP contribution in [0.15, 0.2) is 141 Å². The van der Waals surface area contributed by atoms with E-state index in [1.807, 2.05) is 38.1 Å². The van der Waals surface area contributed by atoms with Gasteiger partial charge in [-0.15, -0.1) is 0 Å². The van der Waals surface area contributed by atoms with Gasteiger partial charge in [0.25, 0.3) is 23.6 Å². The number of halogens is 1. The summed E-state index contributed by atoms with van der Waals surface area (Å²) in [5.74, 6) is -0.742. The number of likely N-dealkylation sites (N-methyl/N-ethyl adjacent to an activating group) is 4. The van der Waals surface area contributed by atoms with E-state index in [9.17, 15) is 57.5 Å². The van der Waals surface area contributed by atoms with E-state index >= 15 is 0 Å². The maximum absolute atomic E-state index is 13.8. The van der Waals surface area contributed by atoms with Crippen LogP contribution in [0.3, 0.4) is 0 Å². The average molecular weight is 1880 g/mol. The monoisotopic (exact) mass is 1880 g/mol. The van der Waals surface area contributed by atoms with E-state index in [0.29, 0.717) is 102 Å². The SMILES string of the molecule is CCC(=O)N1C(=O)[C@H](Cc2ccnc(N)c2)[C@H]1C(=O)N(C)c1ccn(C)n1.CC[C@@H](CC(=O)N1C(=O)[C@H](Cc2cc(C)nc(NC)c2)[C@H]1C(=O)N(C)c1ccnn1C)C1CCCCC1.CC[C@@H](CC(=O)N1C(=O)[C@H](Cc2ccnc(N)c2)[C@H]1C(=O)N(C)c1ccnn1C)C1CCCCC1.CC[C@H](c1cccc(Cl)c1)N(C)C(=O)N1C(=O)[C@H](Cc2ccnc(N)c2)[C@H]1C(=O)N(C)c1nccn1C. The standard InChI is InChI=1S/C28H40N6O3.C26H30ClN7O3.C26H36N6O3.C18H22N6O3/c1-6-20(21-10-8-7-9-11-21)17-25(35)34-26(28(37)32(4)24-12-13-30-33(24)5)22(27(34)36)15-19-14-18(2)31-23(16-19)29-3;1-5-20(17-7-6-8-18(27)15-17)32(3)26(37)34-22(24(36)33(4)25-30-11-12-31(25)2)19(23(34)35)13-16-9-10-29-21(28)14-16;1-4-18(19-8-6-5-7-9-19)16-23(33)32-24(26(35)30(2)22-11-13-29-31(22)3)20(25(32)34)14-17-10-12-28-21(27)15-17;1-4-15(25)24-16(18(27)23(3)14-6-8-22(2)21-14)12(17(24)26)9-11-5-7-20-13(19)10-11/h12-14,16,20-22,26H,6-11,15,17H2,1-5H3,(H,29,31);6-12,14-15,19-20,22H,5,13H2,1-4H3,(H2,28,29);10-13,15,18-20,24H,4-9,14,16H2,1-3H3,(H2,27,28);5-8,10,12,16H,4,9H2,1-3H3,(H2,19,20)/t20-,22+,26-;19-,20-,22+;18-,20+,24-;12-,16+/m0101/s1. The third-order valence-corrected chi connectivity index (χ3v) is 27.7. The summed E-state index contributed by atoms with van der Waals surface area (Å²) in [6, 6.07) is 22.2. The zero-order chi connectivity index (χ0) is 98.4. The lowest BCUT2D eigenvalue weighted by Crippen LogP contribution is -2.70. The summed E-state index contributed by atoms with van der Waals surface area (Å²) < 4.78 is 6.49. The molecular weight excluding hydrogens is 1750 g/mol. The molecule has 12 heterocycles. The molecule has 13 amide bonds. The molecule has 7 N–H and O–H groups in total. The molecule has 11 atom stereocenters. The van der Waals surface area contributed by atoms with Crippen molar-refractivity contribution in [1.29, 1.82) is 0 Å². The Hall–Kier alpha value is -13.6. The van der Waals surface area contributed by atoms with Gasteiger partial charge in [-0.25, -0.2) is 29.7 Å². The van der Waals surface area contributed by atoms with Gasteiger partial charge in [0.05, 0.1) is 42.1 Å². The topological polar surface area (TPSA) is 447 Å². The number of carbonyl (C=O) groups is 12. The first kappa shape index (κ1) is 101. The molecule has 8 aromatic heterocycles. The Bertz CT molecular complexity index is 5820. The van der Waals surface area contributed by atoms with E-state index in [-0.39, 0.29) is 83.9 Å². The summed E-state index contributed by atoms with van der Waals surface area (Å²) in [5.41, 5.74) is 22.3. The predicted molar refractivity (Wildman–Crippen MR) is 515 cm³/mol. The van der Waals surface area contributed by atoms with E-state index in [1.54, 1.807) is 212 Å². The third-order valence-electron chi connectivity index (χ3n) is 27.5. The lowest BCUT2D eigenvalue weighted by atomic mass is 9.76. The van der Waals surface area contributed by atoms with Crippen molar-refractivity contribution >= 4 is 129 Å². The Kier molecular flexibility index (Phi) is 33.7. The van der Waals surface area contributed by atoms with Crippen LogP contribution in [0.25, 0.3) is 0 Å². The molecule has 6 fully saturated rings. The summed E-state index contributed by atoms with van der Waals surface area (Å²) in [7, 11) is 17.0. The van der Waals surface area contributed by atoms with Crippen molar-refractivity contribution in [2.45, 2.75) is 193 Å². The summed E-state index contributed by atoms with van der Waals surface area (Å²) >= 11 is 6.18. The number of aryl methyl sites for hydroxylation is 5. The summed E-state index contributed by atoms with van der Waals surface area (Å²) in [6.07, 6.45) is 29.2. The molecule has 0 spiro atoms. The number of likely N-dealkylation sites (tertiary alicyclic amines) is 4. The number of nitrogens with zero attached hydrogens (tertiary/aromatic N) is 21. The van der Waals surface area contributed by atoms with Crippen LogP contribution in [0.2, 0.25) is 5.02 Å². The smallest absolute Gasteiger partial charge is 0.327 e. The molecule has 4 aliphatic heterocycles. The van der Waals surface area contributed by atoms with Crippen LogP contribution in [0, 0.1) is 54.3 Å². The molecule has 6 aliphatic rings. The van der Waals surface area contributed by atoms with E-state index < -0.39 is 65.7 Å². The number of urea groups is 1. The molecule has 724 valence electrons. The van der Waals surface area contributed by atoms with Crippen molar-refractivity contribution in [3.05, 3.63) is 179 Å². The number of imide groups is 4. The minimum absolute atomic E-state index is 0.151. The fourth-order valence-corrected chi connectivity index (χ4v) is 20.2. The fraction of sp³-hybridized carbons (Fsp3) is 0.490. The molecule has 2 saturated carbocycles. The Morgan fingerprint density at radius 1 is 0.471 bits per heavy atom. The quantitative estimate of drug-likeness (QED) is 0.0316. The first-order valence-corrected chi connectivity index (χ1v) is 47.1. The van der Waals surface area contributed by atoms with E-state index in [0.717, 1.165) is 81.8 Å². The van der Waals surface area contributed by atoms with Gasteiger partial charge in [-0.3, -0.25) is 106 Å². The van der Waals surface area contributed by atoms with Crippen LogP contribution < -0.4 is 42.1 Å². The van der Waals surface area contributed by atoms with E-state index in [1.165, 1.54) is 72.8 Å². The Morgan fingerprint density at radius 2 is 0.897 bits per heavy atom. The average Bonchev–Trinajstić information content (AvgIpc) is 1.05. The van der Waals surface area contributed by atoms with E-state index in [2.05, 4.69) is 59.4 Å². The zero-order valence-corrected chi connectivity index (χ0v) is 81.1. The highest BCUT2D eigenvalue weighted by atomic mass is 35.5. The van der Waals surface area contributed by atoms with Gasteiger partial charge in [0, 0.05) is 156 Å². The number of pyridine rings is 4. The highest BCUT2D eigenvalue weighted by Crippen LogP contribution is 2.43. The number of hydrogen-bond donors (Lipinski definition) is 4. The summed E-state index contributed by atoms with van der Waals surface area (Å²) in [6.45, 7) is 9.74. The number of hydrogen-bond acceptors (Lipinski definition) is 24. The number of β-lactam (4-membered cyclic amide) rings is 4. The second-order valence-electron chi connectivity index (χ2n) is 36.2. The lowest BCUT2D eigenvalue weighted by molar-refractivity contribution is -0.171. The Balaban J connectivity index is 0.000000164. The highest BCUT2D eigenvalue weighted by Gasteiger charge is 2.60. The molecule has 9 aromatic rings. The Morgan fingerprint density at radius 3 is 1.28 bits per heavy atom. The minimum Gasteiger partial charge on any atom is -0.384 e. The normalized spacial score (nSPS) is 19.8. The van der Waals surface area contributed by atoms with Crippen molar-refractivity contribution in [3.63, 3.8) is 0 Å². The van der Waals surface area contributed by atoms with Gasteiger partial charge in [0.15, 0.2) is 5.82 Å². The maximum Gasteiger partial charge on any atom is 0.327 e. The fourth-order valence-electron chi connectivity index (χ4n) is 20.0. The van der Waals surface area contributed by atoms with Crippen molar-refractivity contribution in [3.8, 4) is 0 Å². The molecule has 0 bridgehead atoms. The zero-order valence-electron chi connectivity index (χ0n) is 80.3. The second-order valence-corrected chi connectivity index (χ2v) is 36.7. The molecule has 0 radical (unpaired) electrons. The van der Waals surface area contributed by atoms with Gasteiger partial charge in [-0.1, -0.05) is 128 Å².